The Morgan fingerprint density at radius 3 is 2.63 bits per heavy atom. The zero-order valence-electron chi connectivity index (χ0n) is 10.5. The van der Waals surface area contributed by atoms with Crippen molar-refractivity contribution in [2.45, 2.75) is 48.8 Å². The van der Waals surface area contributed by atoms with Gasteiger partial charge in [0.1, 0.15) is 0 Å². The molecule has 0 aliphatic heterocycles. The number of carboxylic acids is 1. The lowest BCUT2D eigenvalue weighted by molar-refractivity contribution is 0.0687. The maximum Gasteiger partial charge on any atom is 0.356 e. The van der Waals surface area contributed by atoms with Gasteiger partial charge < -0.3 is 5.11 Å². The van der Waals surface area contributed by atoms with Crippen LogP contribution < -0.4 is 4.72 Å². The molecule has 8 heteroatoms. The van der Waals surface area contributed by atoms with Gasteiger partial charge in [-0.1, -0.05) is 19.3 Å². The summed E-state index contributed by atoms with van der Waals surface area (Å²) < 4.78 is 27.0. The normalized spacial score (nSPS) is 19.2. The van der Waals surface area contributed by atoms with Crippen molar-refractivity contribution >= 4 is 27.3 Å². The summed E-state index contributed by atoms with van der Waals surface area (Å²) in [6, 6.07) is 0. The van der Waals surface area contributed by atoms with E-state index in [1.165, 1.54) is 5.51 Å². The summed E-state index contributed by atoms with van der Waals surface area (Å²) in [5, 5.41) is 8.94. The molecule has 1 saturated carbocycles. The average Bonchev–Trinajstić information content (AvgIpc) is 2.78. The first-order valence-corrected chi connectivity index (χ1v) is 8.41. The van der Waals surface area contributed by atoms with E-state index in [-0.39, 0.29) is 4.21 Å². The van der Waals surface area contributed by atoms with Gasteiger partial charge >= 0.3 is 5.97 Å². The summed E-state index contributed by atoms with van der Waals surface area (Å²) in [4.78, 5) is 14.6. The molecule has 0 bridgehead atoms. The first-order valence-electron chi connectivity index (χ1n) is 6.05. The quantitative estimate of drug-likeness (QED) is 0.884. The number of rotatable bonds is 4. The molecule has 106 valence electrons. The number of nitrogens with one attached hydrogen (secondary N) is 1. The highest BCUT2D eigenvalue weighted by molar-refractivity contribution is 7.91. The molecule has 0 atom stereocenters. The number of carbonyl (C=O) groups is 1. The van der Waals surface area contributed by atoms with Crippen LogP contribution >= 0.6 is 11.3 Å². The van der Waals surface area contributed by atoms with Gasteiger partial charge in [0.15, 0.2) is 9.90 Å². The van der Waals surface area contributed by atoms with Crippen molar-refractivity contribution in [2.75, 3.05) is 0 Å². The molecule has 0 spiro atoms. The van der Waals surface area contributed by atoms with Crippen molar-refractivity contribution in [3.8, 4) is 0 Å². The van der Waals surface area contributed by atoms with Gasteiger partial charge in [0.05, 0.1) is 5.51 Å². The van der Waals surface area contributed by atoms with E-state index in [2.05, 4.69) is 9.71 Å². The summed E-state index contributed by atoms with van der Waals surface area (Å²) in [5.41, 5.74) is 0.342. The second-order valence-corrected chi connectivity index (χ2v) is 7.75. The van der Waals surface area contributed by atoms with Crippen LogP contribution in [0.5, 0.6) is 0 Å². The first-order chi connectivity index (χ1) is 8.84. The Balaban J connectivity index is 2.27. The van der Waals surface area contributed by atoms with Gasteiger partial charge in [-0.2, -0.15) is 0 Å². The predicted octanol–water partition coefficient (Wildman–Crippen LogP) is 1.84. The number of hydrogen-bond acceptors (Lipinski definition) is 5. The fourth-order valence-electron chi connectivity index (χ4n) is 2.37. The molecule has 1 aliphatic carbocycles. The summed E-state index contributed by atoms with van der Waals surface area (Å²) in [7, 11) is -3.83. The molecule has 0 amide bonds. The lowest BCUT2D eigenvalue weighted by Crippen LogP contribution is -2.47. The van der Waals surface area contributed by atoms with E-state index in [9.17, 15) is 13.2 Å². The molecule has 2 rings (SSSR count). The molecule has 0 aromatic carbocycles. The number of sulfonamides is 1. The zero-order chi connectivity index (χ0) is 14.1. The molecular formula is C11H16N2O4S2. The van der Waals surface area contributed by atoms with Crippen LogP contribution in [0.1, 0.15) is 49.5 Å². The van der Waals surface area contributed by atoms with Crippen molar-refractivity contribution in [2.24, 2.45) is 0 Å². The molecule has 1 heterocycles. The van der Waals surface area contributed by atoms with E-state index in [4.69, 9.17) is 5.11 Å². The maximum absolute atomic E-state index is 12.3. The van der Waals surface area contributed by atoms with E-state index >= 15 is 0 Å². The SMILES string of the molecule is CC1(NS(=O)(=O)c2scnc2C(=O)O)CCCCC1. The molecule has 1 aliphatic rings. The van der Waals surface area contributed by atoms with Gasteiger partial charge in [0.25, 0.3) is 10.0 Å². The van der Waals surface area contributed by atoms with Crippen molar-refractivity contribution in [3.05, 3.63) is 11.2 Å². The van der Waals surface area contributed by atoms with Crippen LogP contribution in [0, 0.1) is 0 Å². The number of aromatic nitrogens is 1. The highest BCUT2D eigenvalue weighted by Gasteiger charge is 2.35. The van der Waals surface area contributed by atoms with Crippen molar-refractivity contribution in [1.29, 1.82) is 0 Å². The van der Waals surface area contributed by atoms with Crippen LogP contribution in [0.25, 0.3) is 0 Å². The van der Waals surface area contributed by atoms with Gasteiger partial charge in [-0.25, -0.2) is 22.9 Å². The standard InChI is InChI=1S/C11H16N2O4S2/c1-11(5-3-2-4-6-11)13-19(16,17)10-8(9(14)15)12-7-18-10/h7,13H,2-6H2,1H3,(H,14,15). The Morgan fingerprint density at radius 1 is 1.42 bits per heavy atom. The van der Waals surface area contributed by atoms with Crippen LogP contribution in [-0.4, -0.2) is 30.0 Å². The second-order valence-electron chi connectivity index (χ2n) is 5.02. The number of nitrogens with zero attached hydrogens (tertiary/aromatic N) is 1. The Labute approximate surface area is 115 Å². The number of thiazole rings is 1. The minimum Gasteiger partial charge on any atom is -0.476 e. The third-order valence-electron chi connectivity index (χ3n) is 3.32. The Kier molecular flexibility index (Phi) is 3.93. The Morgan fingerprint density at radius 2 is 2.05 bits per heavy atom. The topological polar surface area (TPSA) is 96.4 Å². The predicted molar refractivity (Wildman–Crippen MR) is 70.9 cm³/mol. The summed E-state index contributed by atoms with van der Waals surface area (Å²) >= 11 is 0.830. The molecule has 0 radical (unpaired) electrons. The fraction of sp³-hybridized carbons (Fsp3) is 0.636. The van der Waals surface area contributed by atoms with Crippen LogP contribution in [0.4, 0.5) is 0 Å². The molecule has 6 nitrogen and oxygen atoms in total. The van der Waals surface area contributed by atoms with E-state index in [0.29, 0.717) is 0 Å². The number of carboxylic acid groups (broad SMARTS) is 1. The van der Waals surface area contributed by atoms with Crippen LogP contribution in [-0.2, 0) is 10.0 Å². The number of aromatic carboxylic acids is 1. The summed E-state index contributed by atoms with van der Waals surface area (Å²) in [5.74, 6) is -1.32. The lowest BCUT2D eigenvalue weighted by Gasteiger charge is -2.33. The van der Waals surface area contributed by atoms with E-state index in [0.717, 1.165) is 43.4 Å². The third kappa shape index (κ3) is 3.13. The Bertz CT molecular complexity index is 573. The molecule has 1 aromatic rings. The average molecular weight is 304 g/mol. The molecule has 2 N–H and O–H groups in total. The summed E-state index contributed by atoms with van der Waals surface area (Å²) in [6.07, 6.45) is 4.61. The van der Waals surface area contributed by atoms with E-state index in [1.54, 1.807) is 0 Å². The van der Waals surface area contributed by atoms with Crippen LogP contribution in [0.3, 0.4) is 0 Å². The first kappa shape index (κ1) is 14.4. The molecule has 19 heavy (non-hydrogen) atoms. The monoisotopic (exact) mass is 304 g/mol. The van der Waals surface area contributed by atoms with Gasteiger partial charge in [0, 0.05) is 5.54 Å². The molecule has 1 fully saturated rings. The smallest absolute Gasteiger partial charge is 0.356 e. The largest absolute Gasteiger partial charge is 0.476 e. The minimum atomic E-state index is -3.83. The Hall–Kier alpha value is -0.990. The summed E-state index contributed by atoms with van der Waals surface area (Å²) in [6.45, 7) is 1.87. The van der Waals surface area contributed by atoms with Gasteiger partial charge in [0.2, 0.25) is 0 Å². The van der Waals surface area contributed by atoms with Crippen LogP contribution in [0.2, 0.25) is 0 Å². The van der Waals surface area contributed by atoms with Crippen molar-refractivity contribution < 1.29 is 18.3 Å². The minimum absolute atomic E-state index is 0.216. The highest BCUT2D eigenvalue weighted by Crippen LogP contribution is 2.30. The van der Waals surface area contributed by atoms with Gasteiger partial charge in [-0.15, -0.1) is 11.3 Å². The van der Waals surface area contributed by atoms with Gasteiger partial charge in [-0.3, -0.25) is 0 Å². The molecule has 1 aromatic heterocycles. The molecule has 0 unspecified atom stereocenters. The fourth-order valence-corrected chi connectivity index (χ4v) is 4.98. The van der Waals surface area contributed by atoms with E-state index < -0.39 is 27.2 Å². The maximum atomic E-state index is 12.3. The van der Waals surface area contributed by atoms with Crippen molar-refractivity contribution in [1.82, 2.24) is 9.71 Å². The molecular weight excluding hydrogens is 288 g/mol. The van der Waals surface area contributed by atoms with Gasteiger partial charge in [-0.05, 0) is 19.8 Å². The highest BCUT2D eigenvalue weighted by atomic mass is 32.2. The number of hydrogen-bond donors (Lipinski definition) is 2. The van der Waals surface area contributed by atoms with Crippen molar-refractivity contribution in [3.63, 3.8) is 0 Å². The van der Waals surface area contributed by atoms with Crippen LogP contribution in [0.15, 0.2) is 9.72 Å². The molecule has 0 saturated heterocycles. The van der Waals surface area contributed by atoms with E-state index in [1.807, 2.05) is 6.92 Å². The third-order valence-corrected chi connectivity index (χ3v) is 6.33. The second kappa shape index (κ2) is 5.18. The lowest BCUT2D eigenvalue weighted by atomic mass is 9.84. The zero-order valence-corrected chi connectivity index (χ0v) is 12.2.